The number of hydrogen-bond donors (Lipinski definition) is 2. The van der Waals surface area contributed by atoms with Crippen LogP contribution < -0.4 is 5.32 Å². The molecular weight excluding hydrogens is 228 g/mol. The van der Waals surface area contributed by atoms with Crippen LogP contribution in [-0.4, -0.2) is 48.2 Å². The number of hydrogen-bond acceptors (Lipinski definition) is 3. The van der Waals surface area contributed by atoms with E-state index >= 15 is 0 Å². The molecule has 18 heavy (non-hydrogen) atoms. The van der Waals surface area contributed by atoms with Crippen LogP contribution in [0, 0.1) is 11.8 Å². The van der Waals surface area contributed by atoms with Crippen LogP contribution in [0.15, 0.2) is 0 Å². The Morgan fingerprint density at radius 3 is 2.72 bits per heavy atom. The van der Waals surface area contributed by atoms with Crippen molar-refractivity contribution in [1.29, 1.82) is 0 Å². The maximum atomic E-state index is 11.8. The number of aliphatic hydroxyl groups is 1. The van der Waals surface area contributed by atoms with E-state index in [4.69, 9.17) is 5.11 Å². The van der Waals surface area contributed by atoms with Crippen molar-refractivity contribution in [2.45, 2.75) is 45.1 Å². The highest BCUT2D eigenvalue weighted by molar-refractivity contribution is 5.76. The first-order valence-electron chi connectivity index (χ1n) is 7.35. The van der Waals surface area contributed by atoms with Crippen LogP contribution in [-0.2, 0) is 4.79 Å². The molecule has 2 atom stereocenters. The van der Waals surface area contributed by atoms with Gasteiger partial charge in [0, 0.05) is 32.2 Å². The summed E-state index contributed by atoms with van der Waals surface area (Å²) in [5.41, 5.74) is 0. The van der Waals surface area contributed by atoms with Crippen LogP contribution in [0.2, 0.25) is 0 Å². The molecule has 2 aliphatic rings. The molecule has 1 saturated carbocycles. The van der Waals surface area contributed by atoms with E-state index in [-0.39, 0.29) is 12.5 Å². The van der Waals surface area contributed by atoms with Gasteiger partial charge in [0.25, 0.3) is 0 Å². The van der Waals surface area contributed by atoms with E-state index in [2.05, 4.69) is 5.32 Å². The lowest BCUT2D eigenvalue weighted by atomic mass is 9.91. The van der Waals surface area contributed by atoms with Gasteiger partial charge >= 0.3 is 0 Å². The number of amides is 1. The molecule has 0 aromatic carbocycles. The molecule has 1 aliphatic heterocycles. The lowest BCUT2D eigenvalue weighted by molar-refractivity contribution is -0.133. The summed E-state index contributed by atoms with van der Waals surface area (Å²) in [4.78, 5) is 13.8. The van der Waals surface area contributed by atoms with E-state index in [0.717, 1.165) is 38.4 Å². The maximum absolute atomic E-state index is 11.8. The van der Waals surface area contributed by atoms with Crippen molar-refractivity contribution in [3.05, 3.63) is 0 Å². The molecule has 0 aromatic heterocycles. The Bertz CT molecular complexity index is 279. The van der Waals surface area contributed by atoms with E-state index < -0.39 is 0 Å². The van der Waals surface area contributed by atoms with Crippen LogP contribution >= 0.6 is 0 Å². The molecule has 0 bridgehead atoms. The Hall–Kier alpha value is -0.610. The number of piperidine rings is 1. The molecule has 1 amide bonds. The first-order chi connectivity index (χ1) is 8.72. The average molecular weight is 254 g/mol. The fraction of sp³-hybridized carbons (Fsp3) is 0.929. The molecule has 2 fully saturated rings. The van der Waals surface area contributed by atoms with Gasteiger partial charge in [-0.1, -0.05) is 6.92 Å². The number of carbonyl (C=O) groups excluding carboxylic acids is 1. The van der Waals surface area contributed by atoms with Gasteiger partial charge in [0.1, 0.15) is 0 Å². The number of aliphatic hydroxyl groups excluding tert-OH is 1. The zero-order valence-electron chi connectivity index (χ0n) is 11.4. The average Bonchev–Trinajstić information content (AvgIpc) is 3.19. The van der Waals surface area contributed by atoms with Gasteiger partial charge in [0.05, 0.1) is 0 Å². The summed E-state index contributed by atoms with van der Waals surface area (Å²) in [6.07, 6.45) is 5.21. The number of nitrogens with zero attached hydrogens (tertiary/aromatic N) is 1. The minimum Gasteiger partial charge on any atom is -0.396 e. The molecule has 2 N–H and O–H groups in total. The Balaban J connectivity index is 1.85. The molecule has 1 aliphatic carbocycles. The zero-order chi connectivity index (χ0) is 13.0. The molecule has 1 saturated heterocycles. The second kappa shape index (κ2) is 6.53. The van der Waals surface area contributed by atoms with Gasteiger partial charge in [-0.25, -0.2) is 0 Å². The molecule has 0 aromatic rings. The van der Waals surface area contributed by atoms with Crippen LogP contribution in [0.5, 0.6) is 0 Å². The van der Waals surface area contributed by atoms with Crippen molar-refractivity contribution >= 4 is 5.91 Å². The zero-order valence-corrected chi connectivity index (χ0v) is 11.4. The van der Waals surface area contributed by atoms with Crippen LogP contribution in [0.4, 0.5) is 0 Å². The van der Waals surface area contributed by atoms with E-state index in [9.17, 15) is 4.79 Å². The van der Waals surface area contributed by atoms with Crippen LogP contribution in [0.1, 0.15) is 39.0 Å². The van der Waals surface area contributed by atoms with Crippen LogP contribution in [0.3, 0.4) is 0 Å². The lowest BCUT2D eigenvalue weighted by Crippen LogP contribution is -2.51. The van der Waals surface area contributed by atoms with Crippen molar-refractivity contribution < 1.29 is 9.90 Å². The van der Waals surface area contributed by atoms with Gasteiger partial charge < -0.3 is 15.3 Å². The van der Waals surface area contributed by atoms with Gasteiger partial charge in [-0.05, 0) is 44.1 Å². The Morgan fingerprint density at radius 1 is 1.33 bits per heavy atom. The fourth-order valence-electron chi connectivity index (χ4n) is 2.83. The number of likely N-dealkylation sites (tertiary alicyclic amines) is 1. The highest BCUT2D eigenvalue weighted by atomic mass is 16.3. The van der Waals surface area contributed by atoms with Gasteiger partial charge in [0.2, 0.25) is 5.91 Å². The molecule has 0 radical (unpaired) electrons. The highest BCUT2D eigenvalue weighted by Crippen LogP contribution is 2.28. The van der Waals surface area contributed by atoms with Crippen molar-refractivity contribution in [3.63, 3.8) is 0 Å². The van der Waals surface area contributed by atoms with E-state index in [1.807, 2.05) is 11.8 Å². The van der Waals surface area contributed by atoms with Crippen molar-refractivity contribution in [1.82, 2.24) is 10.2 Å². The summed E-state index contributed by atoms with van der Waals surface area (Å²) in [5, 5.41) is 12.7. The molecule has 104 valence electrons. The third-order valence-corrected chi connectivity index (χ3v) is 4.12. The first kappa shape index (κ1) is 13.8. The summed E-state index contributed by atoms with van der Waals surface area (Å²) >= 11 is 0. The Kier molecular flexibility index (Phi) is 5.01. The van der Waals surface area contributed by atoms with E-state index in [0.29, 0.717) is 18.4 Å². The predicted molar refractivity (Wildman–Crippen MR) is 71.2 cm³/mol. The van der Waals surface area contributed by atoms with E-state index in [1.165, 1.54) is 12.8 Å². The molecule has 4 heteroatoms. The van der Waals surface area contributed by atoms with Gasteiger partial charge in [-0.3, -0.25) is 4.79 Å². The minimum absolute atomic E-state index is 0.230. The predicted octanol–water partition coefficient (Wildman–Crippen LogP) is 0.995. The number of carbonyl (C=O) groups is 1. The topological polar surface area (TPSA) is 52.6 Å². The fourth-order valence-corrected chi connectivity index (χ4v) is 2.83. The Morgan fingerprint density at radius 2 is 2.11 bits per heavy atom. The first-order valence-corrected chi connectivity index (χ1v) is 7.35. The quantitative estimate of drug-likeness (QED) is 0.743. The molecular formula is C14H26N2O2. The largest absolute Gasteiger partial charge is 0.396 e. The molecule has 2 rings (SSSR count). The summed E-state index contributed by atoms with van der Waals surface area (Å²) < 4.78 is 0. The molecule has 0 spiro atoms. The van der Waals surface area contributed by atoms with Crippen molar-refractivity contribution in [2.75, 3.05) is 26.2 Å². The smallest absolute Gasteiger partial charge is 0.222 e. The number of rotatable bonds is 6. The summed E-state index contributed by atoms with van der Waals surface area (Å²) in [6, 6.07) is 0.423. The van der Waals surface area contributed by atoms with Crippen molar-refractivity contribution in [2.24, 2.45) is 11.8 Å². The molecule has 4 nitrogen and oxygen atoms in total. The number of nitrogens with one attached hydrogen (secondary N) is 1. The normalized spacial score (nSPS) is 28.4. The van der Waals surface area contributed by atoms with Gasteiger partial charge in [-0.2, -0.15) is 0 Å². The van der Waals surface area contributed by atoms with Crippen molar-refractivity contribution in [3.8, 4) is 0 Å². The second-order valence-electron chi connectivity index (χ2n) is 5.81. The van der Waals surface area contributed by atoms with Gasteiger partial charge in [-0.15, -0.1) is 0 Å². The summed E-state index contributed by atoms with van der Waals surface area (Å²) in [6.45, 7) is 4.93. The third-order valence-electron chi connectivity index (χ3n) is 4.12. The van der Waals surface area contributed by atoms with Gasteiger partial charge in [0.15, 0.2) is 0 Å². The van der Waals surface area contributed by atoms with E-state index in [1.54, 1.807) is 0 Å². The standard InChI is InChI=1S/C14H26N2O2/c1-2-14(18)16-9-12(5-6-17)7-13(10-16)15-8-11-3-4-11/h11-13,15,17H,2-10H2,1H3. The lowest BCUT2D eigenvalue weighted by Gasteiger charge is -2.38. The third kappa shape index (κ3) is 3.95. The Labute approximate surface area is 110 Å². The van der Waals surface area contributed by atoms with Crippen LogP contribution in [0.25, 0.3) is 0 Å². The maximum Gasteiger partial charge on any atom is 0.222 e. The monoisotopic (exact) mass is 254 g/mol. The molecule has 2 unspecified atom stereocenters. The highest BCUT2D eigenvalue weighted by Gasteiger charge is 2.30. The second-order valence-corrected chi connectivity index (χ2v) is 5.81. The minimum atomic E-state index is 0.230. The summed E-state index contributed by atoms with van der Waals surface area (Å²) in [7, 11) is 0. The molecule has 1 heterocycles. The SMILES string of the molecule is CCC(=O)N1CC(CCO)CC(NCC2CC2)C1. The summed E-state index contributed by atoms with van der Waals surface area (Å²) in [5.74, 6) is 1.57.